The molecule has 0 atom stereocenters. The SMILES string of the molecule is CC(C)N1CCC=CC2(CC2)C1. The molecule has 1 heterocycles. The minimum atomic E-state index is 0.612. The number of hydrogen-bond donors (Lipinski definition) is 0. The highest BCUT2D eigenvalue weighted by atomic mass is 15.2. The van der Waals surface area contributed by atoms with E-state index in [2.05, 4.69) is 30.9 Å². The van der Waals surface area contributed by atoms with E-state index in [1.807, 2.05) is 0 Å². The number of rotatable bonds is 1. The average Bonchev–Trinajstić information content (AvgIpc) is 2.80. The molecular formula is C11H19N. The zero-order valence-corrected chi connectivity index (χ0v) is 8.21. The molecule has 0 amide bonds. The van der Waals surface area contributed by atoms with Crippen LogP contribution in [0.3, 0.4) is 0 Å². The van der Waals surface area contributed by atoms with Crippen LogP contribution < -0.4 is 0 Å². The van der Waals surface area contributed by atoms with Gasteiger partial charge >= 0.3 is 0 Å². The lowest BCUT2D eigenvalue weighted by atomic mass is 10.1. The van der Waals surface area contributed by atoms with Gasteiger partial charge in [0.2, 0.25) is 0 Å². The first kappa shape index (κ1) is 8.31. The van der Waals surface area contributed by atoms with Gasteiger partial charge in [0.05, 0.1) is 0 Å². The molecule has 1 heteroatoms. The van der Waals surface area contributed by atoms with E-state index in [4.69, 9.17) is 0 Å². The third-order valence-electron chi connectivity index (χ3n) is 3.19. The van der Waals surface area contributed by atoms with Crippen LogP contribution in [0.2, 0.25) is 0 Å². The van der Waals surface area contributed by atoms with Crippen molar-refractivity contribution in [1.29, 1.82) is 0 Å². The number of hydrogen-bond acceptors (Lipinski definition) is 1. The van der Waals surface area contributed by atoms with Crippen molar-refractivity contribution >= 4 is 0 Å². The van der Waals surface area contributed by atoms with Crippen LogP contribution in [0.25, 0.3) is 0 Å². The third-order valence-corrected chi connectivity index (χ3v) is 3.19. The fourth-order valence-electron chi connectivity index (χ4n) is 2.04. The molecule has 0 radical (unpaired) electrons. The highest BCUT2D eigenvalue weighted by Crippen LogP contribution is 2.48. The monoisotopic (exact) mass is 165 g/mol. The Labute approximate surface area is 75.4 Å². The van der Waals surface area contributed by atoms with Crippen LogP contribution >= 0.6 is 0 Å². The maximum atomic E-state index is 2.62. The molecule has 2 aliphatic rings. The van der Waals surface area contributed by atoms with Crippen LogP contribution in [-0.2, 0) is 0 Å². The van der Waals surface area contributed by atoms with Gasteiger partial charge in [-0.3, -0.25) is 4.90 Å². The predicted octanol–water partition coefficient (Wildman–Crippen LogP) is 2.44. The largest absolute Gasteiger partial charge is 0.300 e. The normalized spacial score (nSPS) is 27.9. The highest BCUT2D eigenvalue weighted by Gasteiger charge is 2.42. The first-order valence-electron chi connectivity index (χ1n) is 5.14. The summed E-state index contributed by atoms with van der Waals surface area (Å²) in [7, 11) is 0. The molecule has 0 bridgehead atoms. The van der Waals surface area contributed by atoms with Crippen LogP contribution in [0.5, 0.6) is 0 Å². The van der Waals surface area contributed by atoms with E-state index in [0.29, 0.717) is 5.41 Å². The zero-order chi connectivity index (χ0) is 8.60. The molecule has 0 unspecified atom stereocenters. The standard InChI is InChI=1S/C11H19N/c1-10(2)12-8-4-3-5-11(9-12)6-7-11/h3,5,10H,4,6-9H2,1-2H3. The molecule has 68 valence electrons. The summed E-state index contributed by atoms with van der Waals surface area (Å²) in [6.07, 6.45) is 8.95. The summed E-state index contributed by atoms with van der Waals surface area (Å²) in [5.74, 6) is 0. The summed E-state index contributed by atoms with van der Waals surface area (Å²) in [5, 5.41) is 0. The summed E-state index contributed by atoms with van der Waals surface area (Å²) < 4.78 is 0. The van der Waals surface area contributed by atoms with Gasteiger partial charge in [-0.1, -0.05) is 12.2 Å². The van der Waals surface area contributed by atoms with Gasteiger partial charge in [0.25, 0.3) is 0 Å². The Hall–Kier alpha value is -0.300. The van der Waals surface area contributed by atoms with Crippen molar-refractivity contribution in [3.05, 3.63) is 12.2 Å². The maximum absolute atomic E-state index is 2.62. The molecule has 1 fully saturated rings. The van der Waals surface area contributed by atoms with Gasteiger partial charge in [0.1, 0.15) is 0 Å². The molecule has 0 aromatic rings. The van der Waals surface area contributed by atoms with Crippen molar-refractivity contribution in [3.8, 4) is 0 Å². The van der Waals surface area contributed by atoms with Gasteiger partial charge in [-0.15, -0.1) is 0 Å². The van der Waals surface area contributed by atoms with E-state index in [-0.39, 0.29) is 0 Å². The Kier molecular flexibility index (Phi) is 1.99. The first-order chi connectivity index (χ1) is 5.72. The van der Waals surface area contributed by atoms with E-state index < -0.39 is 0 Å². The molecule has 0 saturated heterocycles. The second-order valence-electron chi connectivity index (χ2n) is 4.62. The lowest BCUT2D eigenvalue weighted by molar-refractivity contribution is 0.203. The minimum absolute atomic E-state index is 0.612. The quantitative estimate of drug-likeness (QED) is 0.539. The molecule has 0 aromatic carbocycles. The zero-order valence-electron chi connectivity index (χ0n) is 8.21. The predicted molar refractivity (Wildman–Crippen MR) is 52.1 cm³/mol. The van der Waals surface area contributed by atoms with Crippen molar-refractivity contribution in [2.75, 3.05) is 13.1 Å². The molecule has 1 saturated carbocycles. The molecular weight excluding hydrogens is 146 g/mol. The van der Waals surface area contributed by atoms with Gasteiger partial charge in [-0.25, -0.2) is 0 Å². The summed E-state index contributed by atoms with van der Waals surface area (Å²) >= 11 is 0. The van der Waals surface area contributed by atoms with Gasteiger partial charge in [-0.05, 0) is 33.1 Å². The van der Waals surface area contributed by atoms with Crippen LogP contribution in [0.4, 0.5) is 0 Å². The van der Waals surface area contributed by atoms with E-state index in [1.165, 1.54) is 32.4 Å². The molecule has 1 aliphatic carbocycles. The Morgan fingerprint density at radius 2 is 2.08 bits per heavy atom. The fourth-order valence-corrected chi connectivity index (χ4v) is 2.04. The van der Waals surface area contributed by atoms with Gasteiger partial charge in [0, 0.05) is 24.5 Å². The third kappa shape index (κ3) is 1.56. The van der Waals surface area contributed by atoms with Crippen LogP contribution in [0, 0.1) is 5.41 Å². The van der Waals surface area contributed by atoms with Crippen molar-refractivity contribution in [1.82, 2.24) is 4.90 Å². The lowest BCUT2D eigenvalue weighted by Crippen LogP contribution is -2.35. The van der Waals surface area contributed by atoms with E-state index in [0.717, 1.165) is 6.04 Å². The minimum Gasteiger partial charge on any atom is -0.300 e. The van der Waals surface area contributed by atoms with Gasteiger partial charge < -0.3 is 0 Å². The summed E-state index contributed by atoms with van der Waals surface area (Å²) in [5.41, 5.74) is 0.612. The average molecular weight is 165 g/mol. The van der Waals surface area contributed by atoms with Crippen LogP contribution in [0.1, 0.15) is 33.1 Å². The Morgan fingerprint density at radius 1 is 1.33 bits per heavy atom. The highest BCUT2D eigenvalue weighted by molar-refractivity contribution is 5.12. The Bertz CT molecular complexity index is 189. The van der Waals surface area contributed by atoms with Crippen LogP contribution in [-0.4, -0.2) is 24.0 Å². The van der Waals surface area contributed by atoms with E-state index in [9.17, 15) is 0 Å². The molecule has 1 aliphatic heterocycles. The van der Waals surface area contributed by atoms with Crippen molar-refractivity contribution in [2.45, 2.75) is 39.2 Å². The van der Waals surface area contributed by atoms with E-state index in [1.54, 1.807) is 0 Å². The summed E-state index contributed by atoms with van der Waals surface area (Å²) in [4.78, 5) is 2.62. The summed E-state index contributed by atoms with van der Waals surface area (Å²) in [6.45, 7) is 7.18. The van der Waals surface area contributed by atoms with Gasteiger partial charge in [-0.2, -0.15) is 0 Å². The van der Waals surface area contributed by atoms with Crippen LogP contribution in [0.15, 0.2) is 12.2 Å². The van der Waals surface area contributed by atoms with Crippen molar-refractivity contribution < 1.29 is 0 Å². The lowest BCUT2D eigenvalue weighted by Gasteiger charge is -2.27. The molecule has 0 N–H and O–H groups in total. The van der Waals surface area contributed by atoms with Crippen molar-refractivity contribution in [2.24, 2.45) is 5.41 Å². The maximum Gasteiger partial charge on any atom is 0.00755 e. The molecule has 0 aromatic heterocycles. The molecule has 1 spiro atoms. The van der Waals surface area contributed by atoms with E-state index >= 15 is 0 Å². The second-order valence-corrected chi connectivity index (χ2v) is 4.62. The second kappa shape index (κ2) is 2.88. The Morgan fingerprint density at radius 3 is 2.67 bits per heavy atom. The smallest absolute Gasteiger partial charge is 0.00755 e. The molecule has 2 rings (SSSR count). The van der Waals surface area contributed by atoms with Crippen molar-refractivity contribution in [3.63, 3.8) is 0 Å². The summed E-state index contributed by atoms with van der Waals surface area (Å²) in [6, 6.07) is 0.724. The fraction of sp³-hybridized carbons (Fsp3) is 0.818. The Balaban J connectivity index is 2.02. The molecule has 12 heavy (non-hydrogen) atoms. The first-order valence-corrected chi connectivity index (χ1v) is 5.14. The number of nitrogens with zero attached hydrogens (tertiary/aromatic N) is 1. The topological polar surface area (TPSA) is 3.24 Å². The van der Waals surface area contributed by atoms with Gasteiger partial charge in [0.15, 0.2) is 0 Å². The molecule has 1 nitrogen and oxygen atoms in total.